The largest absolute Gasteiger partial charge is 0.600 e. The number of fused-ring (bicyclic) bond motifs is 1. The number of rotatable bonds is 1. The van der Waals surface area contributed by atoms with Crippen LogP contribution in [-0.2, 0) is 5.51 Å². The van der Waals surface area contributed by atoms with Crippen LogP contribution in [0.3, 0.4) is 0 Å². The lowest BCUT2D eigenvalue weighted by Gasteiger charge is -1.98. The zero-order valence-electron chi connectivity index (χ0n) is 10.3. The van der Waals surface area contributed by atoms with Crippen molar-refractivity contribution in [1.29, 1.82) is 0 Å². The second-order valence-electron chi connectivity index (χ2n) is 4.44. The van der Waals surface area contributed by atoms with E-state index in [4.69, 9.17) is 24.2 Å². The molecule has 1 aromatic heterocycles. The van der Waals surface area contributed by atoms with Crippen molar-refractivity contribution in [2.24, 2.45) is 0 Å². The van der Waals surface area contributed by atoms with E-state index < -0.39 is 30.8 Å². The Bertz CT molecular complexity index is 638. The van der Waals surface area contributed by atoms with Crippen LogP contribution < -0.4 is 12.6 Å². The van der Waals surface area contributed by atoms with Crippen molar-refractivity contribution in [2.75, 3.05) is 0 Å². The molecule has 1 heterocycles. The molecule has 9 heteroatoms. The highest BCUT2D eigenvalue weighted by molar-refractivity contribution is 7.38. The zero-order chi connectivity index (χ0) is 15.8. The van der Waals surface area contributed by atoms with Crippen molar-refractivity contribution >= 4 is 32.2 Å². The Balaban J connectivity index is 0.000000361. The number of benzene rings is 1. The van der Waals surface area contributed by atoms with Crippen molar-refractivity contribution in [2.45, 2.75) is 24.3 Å². The molecule has 21 heavy (non-hydrogen) atoms. The molecule has 0 N–H and O–H groups in total. The molecule has 1 fully saturated rings. The topological polar surface area (TPSA) is 69.2 Å². The summed E-state index contributed by atoms with van der Waals surface area (Å²) in [6, 6.07) is 6.49. The third-order valence-corrected chi connectivity index (χ3v) is 5.35. The van der Waals surface area contributed by atoms with Gasteiger partial charge in [0.15, 0.2) is 9.58 Å². The Labute approximate surface area is 131 Å². The molecule has 0 amide bonds. The molecule has 0 saturated heterocycles. The first-order valence-electron chi connectivity index (χ1n) is 5.75. The second kappa shape index (κ2) is 6.39. The molecule has 0 spiro atoms. The number of thiophene rings is 1. The van der Waals surface area contributed by atoms with Crippen molar-refractivity contribution < 1.29 is 40.6 Å². The average Bonchev–Trinajstić information content (AvgIpc) is 3.08. The van der Waals surface area contributed by atoms with E-state index in [1.54, 1.807) is 18.2 Å². The number of alkyl halides is 3. The highest BCUT2D eigenvalue weighted by Crippen LogP contribution is 2.57. The summed E-state index contributed by atoms with van der Waals surface area (Å²) in [5, 5.41) is 1.05. The van der Waals surface area contributed by atoms with Crippen LogP contribution in [0.4, 0.5) is 13.2 Å². The van der Waals surface area contributed by atoms with Crippen molar-refractivity contribution in [3.05, 3.63) is 34.2 Å². The van der Waals surface area contributed by atoms with Gasteiger partial charge in [-0.3, -0.25) is 0 Å². The first-order chi connectivity index (χ1) is 9.70. The predicted molar refractivity (Wildman–Crippen MR) is 64.7 cm³/mol. The Morgan fingerprint density at radius 2 is 1.71 bits per heavy atom. The lowest BCUT2D eigenvalue weighted by molar-refractivity contribution is -1.73. The molecule has 0 radical (unpaired) electrons. The van der Waals surface area contributed by atoms with Crippen LogP contribution >= 0.6 is 22.1 Å². The molecule has 1 aliphatic rings. The van der Waals surface area contributed by atoms with Crippen LogP contribution in [0.2, 0.25) is 5.02 Å². The highest BCUT2D eigenvalue weighted by Gasteiger charge is 2.51. The molecule has 0 aliphatic heterocycles. The Morgan fingerprint density at radius 3 is 2.19 bits per heavy atom. The van der Waals surface area contributed by atoms with Crippen LogP contribution in [-0.4, -0.2) is 0 Å². The van der Waals surface area contributed by atoms with Crippen LogP contribution in [0.15, 0.2) is 24.3 Å². The second-order valence-corrected chi connectivity index (χ2v) is 7.66. The first-order valence-corrected chi connectivity index (χ1v) is 9.30. The third kappa shape index (κ3) is 4.30. The van der Waals surface area contributed by atoms with Gasteiger partial charge in [-0.25, -0.2) is 0 Å². The maximum atomic E-state index is 13.1. The summed E-state index contributed by atoms with van der Waals surface area (Å²) in [6.45, 7) is 0. The normalized spacial score (nSPS) is 16.1. The molecule has 2 aromatic rings. The van der Waals surface area contributed by atoms with E-state index in [-0.39, 0.29) is 5.92 Å². The number of halogens is 5. The Hall–Kier alpha value is -0.380. The monoisotopic (exact) mass is 404 g/mol. The van der Waals surface area contributed by atoms with Gasteiger partial charge in [0.1, 0.15) is 0 Å². The van der Waals surface area contributed by atoms with Crippen molar-refractivity contribution in [3.8, 4) is 0 Å². The summed E-state index contributed by atoms with van der Waals surface area (Å²) >= 11 is 2.15. The van der Waals surface area contributed by atoms with E-state index in [2.05, 4.69) is 0 Å². The van der Waals surface area contributed by atoms with E-state index in [1.165, 1.54) is 6.07 Å². The van der Waals surface area contributed by atoms with Crippen LogP contribution in [0.25, 0.3) is 10.1 Å². The Morgan fingerprint density at radius 1 is 1.14 bits per heavy atom. The SMILES string of the molecule is FC(F)(F)[s+]1c(C2CC2)cc2ccc(Cl)cc21.[O-][Br+2]([O-])[O-]. The van der Waals surface area contributed by atoms with Gasteiger partial charge in [-0.05, 0) is 25.0 Å². The van der Waals surface area contributed by atoms with Gasteiger partial charge in [0.2, 0.25) is 14.8 Å². The molecular formula is C12H9BrClF3O3S. The summed E-state index contributed by atoms with van der Waals surface area (Å²) in [5.41, 5.74) is -4.19. The standard InChI is InChI=1S/C12H9ClF3S.BrO3/c13-9-4-3-8-5-10(7-1-2-7)17(11(8)6-9)12(14,15)16;2-1(3)4/h3-7H,1-2H2;/q+1;-1. The van der Waals surface area contributed by atoms with Gasteiger partial charge in [-0.2, -0.15) is 0 Å². The summed E-state index contributed by atoms with van der Waals surface area (Å²) in [5.74, 6) is 0.131. The van der Waals surface area contributed by atoms with Crippen molar-refractivity contribution in [1.82, 2.24) is 0 Å². The van der Waals surface area contributed by atoms with E-state index in [0.29, 0.717) is 20.0 Å². The van der Waals surface area contributed by atoms with Gasteiger partial charge >= 0.3 is 5.51 Å². The molecule has 1 unspecified atom stereocenters. The quantitative estimate of drug-likeness (QED) is 0.682. The predicted octanol–water partition coefficient (Wildman–Crippen LogP) is 2.03. The molecule has 116 valence electrons. The van der Waals surface area contributed by atoms with E-state index in [1.807, 2.05) is 0 Å². The summed E-state index contributed by atoms with van der Waals surface area (Å²) < 4.78 is 65.3. The summed E-state index contributed by atoms with van der Waals surface area (Å²) in [7, 11) is -1.76. The molecule has 3 rings (SSSR count). The number of hydrogen-bond acceptors (Lipinski definition) is 3. The van der Waals surface area contributed by atoms with E-state index in [9.17, 15) is 13.2 Å². The highest BCUT2D eigenvalue weighted by atomic mass is 80.0. The average molecular weight is 406 g/mol. The number of hydrogen-bond donors (Lipinski definition) is 0. The first kappa shape index (κ1) is 17.0. The van der Waals surface area contributed by atoms with Gasteiger partial charge in [-0.15, -0.1) is 13.2 Å². The van der Waals surface area contributed by atoms with Gasteiger partial charge < -0.3 is 12.6 Å². The van der Waals surface area contributed by atoms with Gasteiger partial charge in [-0.1, -0.05) is 11.6 Å². The minimum absolute atomic E-state index is 0.131. The lowest BCUT2D eigenvalue weighted by atomic mass is 10.2. The fourth-order valence-corrected chi connectivity index (χ4v) is 4.48. The fraction of sp³-hybridized carbons (Fsp3) is 0.333. The van der Waals surface area contributed by atoms with Crippen LogP contribution in [0.5, 0.6) is 0 Å². The minimum atomic E-state index is -4.19. The Kier molecular flexibility index (Phi) is 5.17. The molecule has 0 bridgehead atoms. The van der Waals surface area contributed by atoms with Crippen LogP contribution in [0, 0.1) is 14.8 Å². The third-order valence-electron chi connectivity index (χ3n) is 2.94. The molecule has 1 aromatic carbocycles. The molecule has 1 aliphatic carbocycles. The molecule has 1 atom stereocenters. The molecule has 1 saturated carbocycles. The zero-order valence-corrected chi connectivity index (χ0v) is 13.5. The summed E-state index contributed by atoms with van der Waals surface area (Å²) in [4.78, 5) is 0.551. The van der Waals surface area contributed by atoms with E-state index in [0.717, 1.165) is 12.8 Å². The fourth-order valence-electron chi connectivity index (χ4n) is 2.05. The van der Waals surface area contributed by atoms with Gasteiger partial charge in [0.25, 0.3) is 0 Å². The van der Waals surface area contributed by atoms with Gasteiger partial charge in [0.05, 0.1) is 10.5 Å². The van der Waals surface area contributed by atoms with E-state index >= 15 is 0 Å². The smallest absolute Gasteiger partial charge is 0.405 e. The van der Waals surface area contributed by atoms with Crippen LogP contribution in [0.1, 0.15) is 23.6 Å². The summed E-state index contributed by atoms with van der Waals surface area (Å²) in [6.07, 6.45) is 1.76. The minimum Gasteiger partial charge on any atom is -0.405 e. The van der Waals surface area contributed by atoms with Crippen molar-refractivity contribution in [3.63, 3.8) is 0 Å². The maximum absolute atomic E-state index is 13.1. The lowest BCUT2D eigenvalue weighted by Crippen LogP contribution is -2.42. The maximum Gasteiger partial charge on any atom is 0.600 e. The molecular weight excluding hydrogens is 397 g/mol. The molecule has 3 nitrogen and oxygen atoms in total. The van der Waals surface area contributed by atoms with Gasteiger partial charge in [0, 0.05) is 28.5 Å².